The molecule has 0 aromatic carbocycles. The summed E-state index contributed by atoms with van der Waals surface area (Å²) in [6.07, 6.45) is 2.59. The third-order valence-electron chi connectivity index (χ3n) is 1.20. The van der Waals surface area contributed by atoms with Gasteiger partial charge in [-0.1, -0.05) is 6.08 Å². The van der Waals surface area contributed by atoms with Crippen molar-refractivity contribution in [2.24, 2.45) is 0 Å². The van der Waals surface area contributed by atoms with Crippen LogP contribution in [0.5, 0.6) is 0 Å². The number of allylic oxidation sites excluding steroid dienone is 1. The first-order valence-corrected chi connectivity index (χ1v) is 4.72. The van der Waals surface area contributed by atoms with Gasteiger partial charge in [-0.2, -0.15) is 0 Å². The van der Waals surface area contributed by atoms with E-state index in [1.807, 2.05) is 0 Å². The van der Waals surface area contributed by atoms with Crippen LogP contribution in [-0.4, -0.2) is 24.1 Å². The van der Waals surface area contributed by atoms with Crippen LogP contribution in [0, 0.1) is 0 Å². The van der Waals surface area contributed by atoms with E-state index in [4.69, 9.17) is 4.74 Å². The summed E-state index contributed by atoms with van der Waals surface area (Å²) >= 11 is 0. The number of rotatable bonds is 3. The molecule has 2 N–H and O–H groups in total. The highest BCUT2D eigenvalue weighted by molar-refractivity contribution is 5.82. The molecule has 5 nitrogen and oxygen atoms in total. The van der Waals surface area contributed by atoms with E-state index in [1.54, 1.807) is 33.8 Å². The van der Waals surface area contributed by atoms with Gasteiger partial charge < -0.3 is 15.4 Å². The zero-order chi connectivity index (χ0) is 11.9. The lowest BCUT2D eigenvalue weighted by atomic mass is 10.2. The second kappa shape index (κ2) is 6.06. The number of amides is 2. The quantitative estimate of drug-likeness (QED) is 0.740. The first-order valence-electron chi connectivity index (χ1n) is 4.72. The Kier molecular flexibility index (Phi) is 5.44. The van der Waals surface area contributed by atoms with Gasteiger partial charge in [-0.15, -0.1) is 0 Å². The van der Waals surface area contributed by atoms with Crippen LogP contribution in [0.25, 0.3) is 0 Å². The summed E-state index contributed by atoms with van der Waals surface area (Å²) in [5.41, 5.74) is -0.552. The smallest absolute Gasteiger partial charge is 0.408 e. The van der Waals surface area contributed by atoms with E-state index >= 15 is 0 Å². The summed E-state index contributed by atoms with van der Waals surface area (Å²) in [6, 6.07) is 0. The van der Waals surface area contributed by atoms with Gasteiger partial charge in [0.25, 0.3) is 0 Å². The van der Waals surface area contributed by atoms with Crippen molar-refractivity contribution in [3.05, 3.63) is 12.3 Å². The predicted molar refractivity (Wildman–Crippen MR) is 57.2 cm³/mol. The van der Waals surface area contributed by atoms with Gasteiger partial charge in [-0.05, 0) is 33.9 Å². The first-order chi connectivity index (χ1) is 6.85. The highest BCUT2D eigenvalue weighted by atomic mass is 16.6. The topological polar surface area (TPSA) is 67.4 Å². The Balaban J connectivity index is 3.76. The van der Waals surface area contributed by atoms with Crippen LogP contribution in [0.3, 0.4) is 0 Å². The van der Waals surface area contributed by atoms with Crippen molar-refractivity contribution in [3.8, 4) is 0 Å². The second-order valence-electron chi connectivity index (χ2n) is 3.92. The zero-order valence-corrected chi connectivity index (χ0v) is 9.59. The average molecular weight is 214 g/mol. The van der Waals surface area contributed by atoms with E-state index in [1.165, 1.54) is 6.20 Å². The Bertz CT molecular complexity index is 254. The highest BCUT2D eigenvalue weighted by Gasteiger charge is 2.16. The van der Waals surface area contributed by atoms with Gasteiger partial charge in [-0.25, -0.2) is 4.79 Å². The van der Waals surface area contributed by atoms with Crippen molar-refractivity contribution in [2.45, 2.75) is 33.3 Å². The van der Waals surface area contributed by atoms with E-state index in [9.17, 15) is 9.59 Å². The molecule has 0 bridgehead atoms. The lowest BCUT2D eigenvalue weighted by molar-refractivity contribution is -0.119. The average Bonchev–Trinajstić information content (AvgIpc) is 2.08. The van der Waals surface area contributed by atoms with Gasteiger partial charge in [-0.3, -0.25) is 4.79 Å². The summed E-state index contributed by atoms with van der Waals surface area (Å²) in [5.74, 6) is -0.293. The highest BCUT2D eigenvalue weighted by Crippen LogP contribution is 2.05. The number of carbonyl (C=O) groups is 2. The van der Waals surface area contributed by atoms with Crippen molar-refractivity contribution < 1.29 is 14.3 Å². The summed E-state index contributed by atoms with van der Waals surface area (Å²) in [6.45, 7) is 6.95. The minimum atomic E-state index is -0.599. The molecular formula is C10H18N2O3. The third-order valence-corrected chi connectivity index (χ3v) is 1.20. The monoisotopic (exact) mass is 214 g/mol. The molecule has 0 aromatic rings. The predicted octanol–water partition coefficient (Wildman–Crippen LogP) is 1.16. The Labute approximate surface area is 89.9 Å². The molecule has 0 rings (SSSR count). The van der Waals surface area contributed by atoms with Crippen LogP contribution in [-0.2, 0) is 9.53 Å². The number of alkyl carbamates (subject to hydrolysis) is 1. The van der Waals surface area contributed by atoms with E-state index in [0.29, 0.717) is 0 Å². The van der Waals surface area contributed by atoms with Crippen molar-refractivity contribution >= 4 is 12.0 Å². The number of carbonyl (C=O) groups excluding carboxylic acids is 2. The van der Waals surface area contributed by atoms with Crippen molar-refractivity contribution in [1.29, 1.82) is 0 Å². The summed E-state index contributed by atoms with van der Waals surface area (Å²) < 4.78 is 4.94. The Hall–Kier alpha value is -1.52. The lowest BCUT2D eigenvalue weighted by Crippen LogP contribution is -2.38. The van der Waals surface area contributed by atoms with Gasteiger partial charge in [0.2, 0.25) is 5.91 Å². The Morgan fingerprint density at radius 3 is 2.40 bits per heavy atom. The molecular weight excluding hydrogens is 196 g/mol. The van der Waals surface area contributed by atoms with Gasteiger partial charge in [0.15, 0.2) is 0 Å². The van der Waals surface area contributed by atoms with Crippen molar-refractivity contribution in [2.75, 3.05) is 6.54 Å². The molecule has 0 saturated heterocycles. The Morgan fingerprint density at radius 1 is 1.33 bits per heavy atom. The molecule has 0 radical (unpaired) electrons. The maximum atomic E-state index is 11.1. The normalized spacial score (nSPS) is 11.2. The van der Waals surface area contributed by atoms with E-state index < -0.39 is 11.7 Å². The van der Waals surface area contributed by atoms with Gasteiger partial charge in [0, 0.05) is 0 Å². The van der Waals surface area contributed by atoms with Gasteiger partial charge in [0.1, 0.15) is 12.1 Å². The molecule has 0 fully saturated rings. The molecule has 0 saturated carbocycles. The van der Waals surface area contributed by atoms with Gasteiger partial charge in [0.05, 0.1) is 0 Å². The number of ether oxygens (including phenoxy) is 1. The van der Waals surface area contributed by atoms with E-state index in [-0.39, 0.29) is 12.5 Å². The fraction of sp³-hybridized carbons (Fsp3) is 0.600. The fourth-order valence-electron chi connectivity index (χ4n) is 0.694. The maximum absolute atomic E-state index is 11.1. The maximum Gasteiger partial charge on any atom is 0.408 e. The first kappa shape index (κ1) is 13.5. The van der Waals surface area contributed by atoms with Crippen molar-refractivity contribution in [1.82, 2.24) is 10.6 Å². The minimum absolute atomic E-state index is 0.0980. The molecule has 15 heavy (non-hydrogen) atoms. The zero-order valence-electron chi connectivity index (χ0n) is 9.59. The van der Waals surface area contributed by atoms with E-state index in [0.717, 1.165) is 0 Å². The fourth-order valence-corrected chi connectivity index (χ4v) is 0.694. The number of nitrogens with one attached hydrogen (secondary N) is 2. The second-order valence-corrected chi connectivity index (χ2v) is 3.92. The molecule has 2 amide bonds. The molecule has 0 atom stereocenters. The minimum Gasteiger partial charge on any atom is -0.444 e. The molecule has 0 aromatic heterocycles. The summed E-state index contributed by atoms with van der Waals surface area (Å²) in [7, 11) is 0. The van der Waals surface area contributed by atoms with Crippen LogP contribution in [0.2, 0.25) is 0 Å². The van der Waals surface area contributed by atoms with Crippen LogP contribution < -0.4 is 10.6 Å². The molecule has 0 aliphatic carbocycles. The molecule has 0 heterocycles. The standard InChI is InChI=1S/C10H18N2O3/c1-5-6-11-8(13)7-12-9(14)15-10(2,3)4/h5-6H,7H2,1-4H3,(H,11,13)(H,12,14)/b6-5+. The van der Waals surface area contributed by atoms with Gasteiger partial charge >= 0.3 is 6.09 Å². The molecule has 0 spiro atoms. The Morgan fingerprint density at radius 2 is 1.93 bits per heavy atom. The molecule has 0 aliphatic heterocycles. The largest absolute Gasteiger partial charge is 0.444 e. The van der Waals surface area contributed by atoms with Crippen LogP contribution >= 0.6 is 0 Å². The van der Waals surface area contributed by atoms with Crippen LogP contribution in [0.1, 0.15) is 27.7 Å². The molecule has 5 heteroatoms. The lowest BCUT2D eigenvalue weighted by Gasteiger charge is -2.19. The third kappa shape index (κ3) is 8.80. The number of hydrogen-bond acceptors (Lipinski definition) is 3. The van der Waals surface area contributed by atoms with E-state index in [2.05, 4.69) is 10.6 Å². The SMILES string of the molecule is C/C=C/NC(=O)CNC(=O)OC(C)(C)C. The summed E-state index contributed by atoms with van der Waals surface area (Å²) in [5, 5.41) is 4.80. The molecule has 0 aliphatic rings. The van der Waals surface area contributed by atoms with Crippen LogP contribution in [0.4, 0.5) is 4.79 Å². The molecule has 0 unspecified atom stereocenters. The van der Waals surface area contributed by atoms with Crippen LogP contribution in [0.15, 0.2) is 12.3 Å². The summed E-state index contributed by atoms with van der Waals surface area (Å²) in [4.78, 5) is 22.1. The van der Waals surface area contributed by atoms with Crippen molar-refractivity contribution in [3.63, 3.8) is 0 Å². The molecule has 86 valence electrons. The number of hydrogen-bond donors (Lipinski definition) is 2.